The van der Waals surface area contributed by atoms with Crippen molar-refractivity contribution in [3.8, 4) is 11.5 Å². The van der Waals surface area contributed by atoms with Gasteiger partial charge in [0.25, 0.3) is 0 Å². The van der Waals surface area contributed by atoms with Crippen molar-refractivity contribution in [1.82, 2.24) is 15.5 Å². The fourth-order valence-corrected chi connectivity index (χ4v) is 3.13. The van der Waals surface area contributed by atoms with E-state index in [9.17, 15) is 9.59 Å². The van der Waals surface area contributed by atoms with Crippen molar-refractivity contribution in [2.75, 3.05) is 32.8 Å². The fraction of sp³-hybridized carbons (Fsp3) is 0.529. The molecule has 0 aliphatic carbocycles. The number of nitrogens with zero attached hydrogens (tertiary/aromatic N) is 1. The Morgan fingerprint density at radius 2 is 1.92 bits per heavy atom. The zero-order chi connectivity index (χ0) is 16.9. The lowest BCUT2D eigenvalue weighted by Gasteiger charge is -2.27. The predicted octanol–water partition coefficient (Wildman–Crippen LogP) is 1.44. The molecule has 7 heteroatoms. The quantitative estimate of drug-likeness (QED) is 0.817. The van der Waals surface area contributed by atoms with Crippen molar-refractivity contribution in [1.29, 1.82) is 0 Å². The number of benzene rings is 1. The Hall–Kier alpha value is -2.44. The minimum atomic E-state index is -0.0993. The van der Waals surface area contributed by atoms with E-state index < -0.39 is 0 Å². The average Bonchev–Trinajstić information content (AvgIpc) is 3.07. The highest BCUT2D eigenvalue weighted by atomic mass is 16.6. The summed E-state index contributed by atoms with van der Waals surface area (Å²) in [5.74, 6) is 1.41. The summed E-state index contributed by atoms with van der Waals surface area (Å²) < 4.78 is 11.2. The topological polar surface area (TPSA) is 79.9 Å². The highest BCUT2D eigenvalue weighted by Crippen LogP contribution is 2.37. The van der Waals surface area contributed by atoms with Crippen LogP contribution in [0.2, 0.25) is 0 Å². The van der Waals surface area contributed by atoms with E-state index in [1.54, 1.807) is 0 Å². The van der Waals surface area contributed by atoms with E-state index in [-0.39, 0.29) is 18.0 Å². The molecule has 2 N–H and O–H groups in total. The van der Waals surface area contributed by atoms with Crippen molar-refractivity contribution in [2.45, 2.75) is 25.8 Å². The Morgan fingerprint density at radius 3 is 2.71 bits per heavy atom. The normalized spacial score (nSPS) is 19.0. The zero-order valence-corrected chi connectivity index (χ0v) is 13.8. The molecule has 0 radical (unpaired) electrons. The number of urea groups is 1. The van der Waals surface area contributed by atoms with Crippen molar-refractivity contribution >= 4 is 11.9 Å². The number of fused-ring (bicyclic) bond motifs is 1. The van der Waals surface area contributed by atoms with Gasteiger partial charge in [0.05, 0.1) is 6.04 Å². The lowest BCUT2D eigenvalue weighted by molar-refractivity contribution is -0.118. The Bertz CT molecular complexity index is 620. The molecule has 0 bridgehead atoms. The number of rotatable bonds is 4. The summed E-state index contributed by atoms with van der Waals surface area (Å²) in [4.78, 5) is 25.1. The van der Waals surface area contributed by atoms with E-state index in [1.807, 2.05) is 23.1 Å². The number of carbonyl (C=O) groups is 2. The van der Waals surface area contributed by atoms with Gasteiger partial charge >= 0.3 is 6.03 Å². The lowest BCUT2D eigenvalue weighted by atomic mass is 10.0. The van der Waals surface area contributed by atoms with Gasteiger partial charge in [-0.15, -0.1) is 0 Å². The Morgan fingerprint density at radius 1 is 1.17 bits per heavy atom. The van der Waals surface area contributed by atoms with Gasteiger partial charge in [0.15, 0.2) is 11.5 Å². The van der Waals surface area contributed by atoms with Gasteiger partial charge < -0.3 is 25.0 Å². The van der Waals surface area contributed by atoms with Crippen molar-refractivity contribution in [3.63, 3.8) is 0 Å². The summed E-state index contributed by atoms with van der Waals surface area (Å²) >= 11 is 0. The summed E-state index contributed by atoms with van der Waals surface area (Å²) in [5, 5.41) is 5.52. The van der Waals surface area contributed by atoms with Gasteiger partial charge in [-0.25, -0.2) is 4.79 Å². The minimum absolute atomic E-state index is 0.0431. The van der Waals surface area contributed by atoms with Crippen molar-refractivity contribution < 1.29 is 19.1 Å². The number of carbonyl (C=O) groups excluding carboxylic acids is 2. The number of hydrogen-bond acceptors (Lipinski definition) is 4. The number of hydrogen-bond donors (Lipinski definition) is 2. The molecule has 0 spiro atoms. The second-order valence-electron chi connectivity index (χ2n) is 5.97. The van der Waals surface area contributed by atoms with E-state index in [1.165, 1.54) is 6.92 Å². The van der Waals surface area contributed by atoms with Crippen molar-refractivity contribution in [2.24, 2.45) is 0 Å². The molecule has 7 nitrogen and oxygen atoms in total. The van der Waals surface area contributed by atoms with Crippen LogP contribution in [-0.4, -0.2) is 49.7 Å². The van der Waals surface area contributed by atoms with Crippen LogP contribution < -0.4 is 20.1 Å². The molecule has 1 saturated heterocycles. The molecule has 130 valence electrons. The number of nitrogens with one attached hydrogen (secondary N) is 2. The van der Waals surface area contributed by atoms with Gasteiger partial charge in [-0.1, -0.05) is 6.07 Å². The first-order chi connectivity index (χ1) is 11.6. The molecule has 2 aliphatic heterocycles. The molecule has 3 rings (SSSR count). The summed E-state index contributed by atoms with van der Waals surface area (Å²) in [6, 6.07) is 5.83. The second-order valence-corrected chi connectivity index (χ2v) is 5.97. The minimum Gasteiger partial charge on any atom is -0.486 e. The highest BCUT2D eigenvalue weighted by Gasteiger charge is 2.30. The van der Waals surface area contributed by atoms with E-state index >= 15 is 0 Å². The van der Waals surface area contributed by atoms with Crippen LogP contribution in [0.25, 0.3) is 0 Å². The van der Waals surface area contributed by atoms with Crippen LogP contribution in [0, 0.1) is 0 Å². The van der Waals surface area contributed by atoms with Gasteiger partial charge in [-0.3, -0.25) is 4.79 Å². The maximum Gasteiger partial charge on any atom is 0.317 e. The fourth-order valence-electron chi connectivity index (χ4n) is 3.13. The average molecular weight is 333 g/mol. The monoisotopic (exact) mass is 333 g/mol. The zero-order valence-electron chi connectivity index (χ0n) is 13.8. The molecule has 1 fully saturated rings. The third-order valence-electron chi connectivity index (χ3n) is 4.24. The lowest BCUT2D eigenvalue weighted by Crippen LogP contribution is -2.42. The maximum absolute atomic E-state index is 12.4. The Labute approximate surface area is 141 Å². The largest absolute Gasteiger partial charge is 0.486 e. The molecule has 3 amide bonds. The van der Waals surface area contributed by atoms with Gasteiger partial charge in [-0.2, -0.15) is 0 Å². The third-order valence-corrected chi connectivity index (χ3v) is 4.24. The molecule has 0 saturated carbocycles. The first-order valence-electron chi connectivity index (χ1n) is 8.33. The van der Waals surface area contributed by atoms with E-state index in [2.05, 4.69) is 10.6 Å². The molecule has 2 aliphatic rings. The van der Waals surface area contributed by atoms with Crippen LogP contribution in [0.1, 0.15) is 31.4 Å². The van der Waals surface area contributed by atoms with E-state index in [0.29, 0.717) is 26.3 Å². The van der Waals surface area contributed by atoms with Gasteiger partial charge in [0, 0.05) is 26.6 Å². The molecule has 1 atom stereocenters. The molecule has 2 heterocycles. The molecular formula is C17H23N3O4. The van der Waals surface area contributed by atoms with E-state index in [0.717, 1.165) is 36.4 Å². The van der Waals surface area contributed by atoms with Crippen LogP contribution in [0.5, 0.6) is 11.5 Å². The predicted molar refractivity (Wildman–Crippen MR) is 88.2 cm³/mol. The van der Waals surface area contributed by atoms with Crippen LogP contribution >= 0.6 is 0 Å². The number of ether oxygens (including phenoxy) is 2. The molecule has 0 aromatic heterocycles. The van der Waals surface area contributed by atoms with Crippen LogP contribution in [-0.2, 0) is 4.79 Å². The van der Waals surface area contributed by atoms with Gasteiger partial charge in [-0.05, 0) is 30.5 Å². The smallest absolute Gasteiger partial charge is 0.317 e. The SMILES string of the molecule is CC(=O)NCCNC(=O)N1CCCC1c1ccc2c(c1)OCCO2. The highest BCUT2D eigenvalue weighted by molar-refractivity contribution is 5.75. The Kier molecular flexibility index (Phi) is 5.08. The summed E-state index contributed by atoms with van der Waals surface area (Å²) in [7, 11) is 0. The summed E-state index contributed by atoms with van der Waals surface area (Å²) in [5.41, 5.74) is 1.06. The summed E-state index contributed by atoms with van der Waals surface area (Å²) in [6.07, 6.45) is 1.90. The first kappa shape index (κ1) is 16.4. The number of amides is 3. The third kappa shape index (κ3) is 3.72. The standard InChI is InChI=1S/C17H23N3O4/c1-12(21)18-6-7-19-17(22)20-8-2-3-14(20)13-4-5-15-16(11-13)24-10-9-23-15/h4-5,11,14H,2-3,6-10H2,1H3,(H,18,21)(H,19,22). The van der Waals surface area contributed by atoms with Gasteiger partial charge in [0.1, 0.15) is 13.2 Å². The van der Waals surface area contributed by atoms with Crippen LogP contribution in [0.15, 0.2) is 18.2 Å². The molecular weight excluding hydrogens is 310 g/mol. The maximum atomic E-state index is 12.4. The number of likely N-dealkylation sites (tertiary alicyclic amines) is 1. The second kappa shape index (κ2) is 7.42. The van der Waals surface area contributed by atoms with Crippen LogP contribution in [0.3, 0.4) is 0 Å². The molecule has 24 heavy (non-hydrogen) atoms. The van der Waals surface area contributed by atoms with E-state index in [4.69, 9.17) is 9.47 Å². The van der Waals surface area contributed by atoms with Crippen LogP contribution in [0.4, 0.5) is 4.79 Å². The summed E-state index contributed by atoms with van der Waals surface area (Å²) in [6.45, 7) is 4.16. The molecule has 1 aromatic rings. The Balaban J connectivity index is 1.62. The first-order valence-corrected chi connectivity index (χ1v) is 8.33. The van der Waals surface area contributed by atoms with Gasteiger partial charge in [0.2, 0.25) is 5.91 Å². The molecule has 1 unspecified atom stereocenters. The van der Waals surface area contributed by atoms with Crippen molar-refractivity contribution in [3.05, 3.63) is 23.8 Å². The molecule has 1 aromatic carbocycles.